The van der Waals surface area contributed by atoms with E-state index in [4.69, 9.17) is 4.98 Å². The van der Waals surface area contributed by atoms with Crippen molar-refractivity contribution in [2.24, 2.45) is 0 Å². The van der Waals surface area contributed by atoms with Gasteiger partial charge < -0.3 is 4.98 Å². The molecule has 1 aliphatic heterocycles. The first-order chi connectivity index (χ1) is 21.6. The second kappa shape index (κ2) is 10.8. The monoisotopic (exact) mass is 581 g/mol. The SMILES string of the molecule is Cc1ccnnc1-c1cc(C#N)ccc1-c1cc(C2CC2)nc(-n2cc(C3CC3)c3cc(CN4CCCCC4)[nH]c3c2=O)c1. The predicted molar refractivity (Wildman–Crippen MR) is 171 cm³/mol. The highest BCUT2D eigenvalue weighted by Gasteiger charge is 2.30. The summed E-state index contributed by atoms with van der Waals surface area (Å²) in [6.45, 7) is 5.08. The molecule has 8 heteroatoms. The van der Waals surface area contributed by atoms with Gasteiger partial charge in [-0.1, -0.05) is 12.5 Å². The number of piperidine rings is 1. The lowest BCUT2D eigenvalue weighted by atomic mass is 9.93. The number of hydrogen-bond donors (Lipinski definition) is 1. The molecule has 220 valence electrons. The molecule has 44 heavy (non-hydrogen) atoms. The molecule has 5 heterocycles. The third-order valence-electron chi connectivity index (χ3n) is 9.46. The molecular weight excluding hydrogens is 546 g/mol. The van der Waals surface area contributed by atoms with Crippen molar-refractivity contribution in [3.8, 4) is 34.3 Å². The van der Waals surface area contributed by atoms with E-state index in [-0.39, 0.29) is 5.56 Å². The van der Waals surface area contributed by atoms with E-state index in [2.05, 4.69) is 44.5 Å². The van der Waals surface area contributed by atoms with Crippen LogP contribution in [0.4, 0.5) is 0 Å². The van der Waals surface area contributed by atoms with Crippen molar-refractivity contribution in [3.63, 3.8) is 0 Å². The van der Waals surface area contributed by atoms with E-state index >= 15 is 0 Å². The van der Waals surface area contributed by atoms with Gasteiger partial charge in [0.05, 0.1) is 17.3 Å². The van der Waals surface area contributed by atoms with Crippen LogP contribution in [0.3, 0.4) is 0 Å². The summed E-state index contributed by atoms with van der Waals surface area (Å²) >= 11 is 0. The van der Waals surface area contributed by atoms with Crippen molar-refractivity contribution in [2.45, 2.75) is 70.3 Å². The van der Waals surface area contributed by atoms with Crippen molar-refractivity contribution in [1.29, 1.82) is 5.26 Å². The molecule has 0 radical (unpaired) electrons. The number of fused-ring (bicyclic) bond motifs is 1. The zero-order chi connectivity index (χ0) is 29.8. The highest BCUT2D eigenvalue weighted by Crippen LogP contribution is 2.44. The van der Waals surface area contributed by atoms with E-state index in [1.165, 1.54) is 24.8 Å². The molecule has 8 rings (SSSR count). The van der Waals surface area contributed by atoms with Gasteiger partial charge in [0, 0.05) is 47.2 Å². The van der Waals surface area contributed by atoms with Crippen LogP contribution in [0.15, 0.2) is 59.7 Å². The molecule has 0 amide bonds. The average Bonchev–Trinajstić information content (AvgIpc) is 3.99. The Morgan fingerprint density at radius 3 is 2.55 bits per heavy atom. The number of H-pyrrole nitrogens is 1. The quantitative estimate of drug-likeness (QED) is 0.228. The number of pyridine rings is 2. The van der Waals surface area contributed by atoms with E-state index in [9.17, 15) is 10.1 Å². The number of likely N-dealkylation sites (tertiary alicyclic amines) is 1. The fourth-order valence-corrected chi connectivity index (χ4v) is 6.75. The lowest BCUT2D eigenvalue weighted by Gasteiger charge is -2.25. The predicted octanol–water partition coefficient (Wildman–Crippen LogP) is 6.76. The number of hydrogen-bond acceptors (Lipinski definition) is 6. The molecule has 0 spiro atoms. The molecule has 2 aliphatic carbocycles. The zero-order valence-electron chi connectivity index (χ0n) is 25.0. The second-order valence-electron chi connectivity index (χ2n) is 12.8. The third-order valence-corrected chi connectivity index (χ3v) is 9.46. The van der Waals surface area contributed by atoms with Gasteiger partial charge in [0.15, 0.2) is 0 Å². The Kier molecular flexibility index (Phi) is 6.64. The summed E-state index contributed by atoms with van der Waals surface area (Å²) in [6, 6.07) is 16.3. The Labute approximate surface area is 256 Å². The fourth-order valence-electron chi connectivity index (χ4n) is 6.75. The van der Waals surface area contributed by atoms with Crippen LogP contribution in [0.2, 0.25) is 0 Å². The highest BCUT2D eigenvalue weighted by atomic mass is 16.1. The summed E-state index contributed by atoms with van der Waals surface area (Å²) in [7, 11) is 0. The van der Waals surface area contributed by atoms with E-state index in [1.54, 1.807) is 10.8 Å². The maximum atomic E-state index is 14.2. The van der Waals surface area contributed by atoms with Crippen LogP contribution in [-0.4, -0.2) is 42.7 Å². The number of aryl methyl sites for hydroxylation is 1. The van der Waals surface area contributed by atoms with Crippen molar-refractivity contribution >= 4 is 10.9 Å². The first-order valence-electron chi connectivity index (χ1n) is 15.9. The molecule has 1 aromatic carbocycles. The minimum Gasteiger partial charge on any atom is -0.353 e. The number of nitrogens with one attached hydrogen (secondary N) is 1. The lowest BCUT2D eigenvalue weighted by Crippen LogP contribution is -2.29. The Bertz CT molecular complexity index is 2000. The number of benzene rings is 1. The number of nitriles is 1. The summed E-state index contributed by atoms with van der Waals surface area (Å²) in [4.78, 5) is 25.3. The van der Waals surface area contributed by atoms with E-state index < -0.39 is 0 Å². The smallest absolute Gasteiger partial charge is 0.280 e. The van der Waals surface area contributed by atoms with E-state index in [0.29, 0.717) is 28.7 Å². The van der Waals surface area contributed by atoms with Gasteiger partial charge in [0.2, 0.25) is 0 Å². The molecular formula is C36H35N7O. The minimum atomic E-state index is -0.0643. The topological polar surface area (TPSA) is 103 Å². The molecule has 1 N–H and O–H groups in total. The van der Waals surface area contributed by atoms with E-state index in [0.717, 1.165) is 90.0 Å². The summed E-state index contributed by atoms with van der Waals surface area (Å²) in [5.74, 6) is 1.49. The van der Waals surface area contributed by atoms with Gasteiger partial charge >= 0.3 is 0 Å². The van der Waals surface area contributed by atoms with Crippen LogP contribution in [0.25, 0.3) is 39.1 Å². The number of rotatable bonds is 7. The first-order valence-corrected chi connectivity index (χ1v) is 15.9. The molecule has 3 fully saturated rings. The summed E-state index contributed by atoms with van der Waals surface area (Å²) in [6.07, 6.45) is 12.0. The molecule has 3 aliphatic rings. The van der Waals surface area contributed by atoms with Gasteiger partial charge in [-0.25, -0.2) is 4.98 Å². The van der Waals surface area contributed by atoms with Gasteiger partial charge in [-0.15, -0.1) is 0 Å². The van der Waals surface area contributed by atoms with Crippen LogP contribution >= 0.6 is 0 Å². The minimum absolute atomic E-state index is 0.0643. The molecule has 8 nitrogen and oxygen atoms in total. The van der Waals surface area contributed by atoms with Gasteiger partial charge in [-0.05, 0) is 123 Å². The van der Waals surface area contributed by atoms with E-state index in [1.807, 2.05) is 37.3 Å². The molecule has 1 saturated heterocycles. The van der Waals surface area contributed by atoms with Crippen LogP contribution in [-0.2, 0) is 6.54 Å². The average molecular weight is 582 g/mol. The second-order valence-corrected chi connectivity index (χ2v) is 12.8. The van der Waals surface area contributed by atoms with Crippen LogP contribution in [0, 0.1) is 18.3 Å². The third kappa shape index (κ3) is 5.01. The molecule has 0 unspecified atom stereocenters. The zero-order valence-corrected chi connectivity index (χ0v) is 25.0. The lowest BCUT2D eigenvalue weighted by molar-refractivity contribution is 0.219. The maximum absolute atomic E-state index is 14.2. The van der Waals surface area contributed by atoms with Gasteiger partial charge in [0.25, 0.3) is 5.56 Å². The Balaban J connectivity index is 1.29. The largest absolute Gasteiger partial charge is 0.353 e. The van der Waals surface area contributed by atoms with Crippen molar-refractivity contribution in [1.82, 2.24) is 29.6 Å². The number of aromatic amines is 1. The van der Waals surface area contributed by atoms with Crippen molar-refractivity contribution in [3.05, 3.63) is 93.3 Å². The van der Waals surface area contributed by atoms with Crippen molar-refractivity contribution in [2.75, 3.05) is 13.1 Å². The molecule has 0 bridgehead atoms. The Morgan fingerprint density at radius 2 is 1.80 bits per heavy atom. The molecule has 0 atom stereocenters. The summed E-state index contributed by atoms with van der Waals surface area (Å²) in [5.41, 5.74) is 8.99. The van der Waals surface area contributed by atoms with Crippen molar-refractivity contribution < 1.29 is 0 Å². The molecule has 2 saturated carbocycles. The summed E-state index contributed by atoms with van der Waals surface area (Å²) < 4.78 is 1.77. The Morgan fingerprint density at radius 1 is 0.977 bits per heavy atom. The normalized spacial score (nSPS) is 17.2. The fraction of sp³-hybridized carbons (Fsp3) is 0.361. The number of nitrogens with zero attached hydrogens (tertiary/aromatic N) is 6. The maximum Gasteiger partial charge on any atom is 0.280 e. The van der Waals surface area contributed by atoms with Crippen LogP contribution < -0.4 is 5.56 Å². The summed E-state index contributed by atoms with van der Waals surface area (Å²) in [5, 5.41) is 19.4. The van der Waals surface area contributed by atoms with Crippen LogP contribution in [0.5, 0.6) is 0 Å². The molecule has 4 aromatic heterocycles. The first kappa shape index (κ1) is 27.0. The van der Waals surface area contributed by atoms with Gasteiger partial charge in [0.1, 0.15) is 11.3 Å². The standard InChI is InChI=1S/C36H35N7O/c1-22-11-12-38-41-34(22)29-15-23(19-37)5-10-28(29)26-16-32(25-8-9-25)40-33(17-26)43-21-31(24-6-7-24)30-18-27(39-35(30)36(43)44)20-42-13-3-2-4-14-42/h5,10-12,15-18,21,24-25,39H,2-4,6-9,13-14,20H2,1H3. The molecule has 5 aromatic rings. The van der Waals surface area contributed by atoms with Gasteiger partial charge in [-0.2, -0.15) is 15.5 Å². The van der Waals surface area contributed by atoms with Crippen LogP contribution in [0.1, 0.15) is 84.9 Å². The highest BCUT2D eigenvalue weighted by molar-refractivity contribution is 5.86. The number of aromatic nitrogens is 5. The Hall–Kier alpha value is -4.61. The van der Waals surface area contributed by atoms with Gasteiger partial charge in [-0.3, -0.25) is 14.3 Å².